The van der Waals surface area contributed by atoms with E-state index in [1.807, 2.05) is 18.2 Å². The smallest absolute Gasteiger partial charge is 0.216 e. The Labute approximate surface area is 198 Å². The Kier molecular flexibility index (Phi) is 4.01. The summed E-state index contributed by atoms with van der Waals surface area (Å²) in [6, 6.07) is 23.0. The van der Waals surface area contributed by atoms with Crippen molar-refractivity contribution in [3.63, 3.8) is 0 Å². The van der Waals surface area contributed by atoms with E-state index in [0.29, 0.717) is 6.42 Å². The maximum Gasteiger partial charge on any atom is 0.216 e. The second kappa shape index (κ2) is 7.31. The van der Waals surface area contributed by atoms with Gasteiger partial charge in [-0.15, -0.1) is 0 Å². The lowest BCUT2D eigenvalue weighted by molar-refractivity contribution is -0.660. The van der Waals surface area contributed by atoms with Crippen LogP contribution in [0.4, 0.5) is 0 Å². The van der Waals surface area contributed by atoms with Crippen LogP contribution in [-0.2, 0) is 18.8 Å². The number of rotatable bonds is 2. The molecule has 164 valence electrons. The molecule has 1 aliphatic carbocycles. The van der Waals surface area contributed by atoms with Gasteiger partial charge in [-0.05, 0) is 59.9 Å². The molecule has 0 saturated heterocycles. The van der Waals surface area contributed by atoms with Crippen LogP contribution in [-0.4, -0.2) is 0 Å². The van der Waals surface area contributed by atoms with E-state index >= 15 is 0 Å². The molecule has 0 saturated carbocycles. The molecule has 0 amide bonds. The molecular weight excluding hydrogens is 402 g/mol. The molecule has 33 heavy (non-hydrogen) atoms. The molecule has 2 aromatic heterocycles. The van der Waals surface area contributed by atoms with Gasteiger partial charge in [0.2, 0.25) is 5.69 Å². The summed E-state index contributed by atoms with van der Waals surface area (Å²) in [6.45, 7) is 6.61. The Hall–Kier alpha value is -3.39. The number of nitrogens with zero attached hydrogens (tertiary/aromatic N) is 1. The number of para-hydroxylation sites is 1. The molecule has 2 heterocycles. The lowest BCUT2D eigenvalue weighted by atomic mass is 9.70. The topological polar surface area (TPSA) is 17.0 Å². The van der Waals surface area contributed by atoms with Gasteiger partial charge in [-0.1, -0.05) is 62.4 Å². The highest BCUT2D eigenvalue weighted by molar-refractivity contribution is 6.13. The lowest BCUT2D eigenvalue weighted by Crippen LogP contribution is -2.30. The standard InChI is InChI=1S/C31H30NO/c1-20-16-17-25-24-14-8-13-23(22-12-7-10-21-11-9-18-31(2,3)28(21)22)29(24)33-30(25)27(20)26-15-5-6-19-32(26)4/h5-8,10,12-17,19H,9,11,18H2,1-4H3/q+1/i11D2. The molecule has 1 aliphatic rings. The first-order valence-electron chi connectivity index (χ1n) is 12.7. The number of benzene rings is 3. The van der Waals surface area contributed by atoms with E-state index < -0.39 is 6.37 Å². The van der Waals surface area contributed by atoms with Crippen LogP contribution in [0.25, 0.3) is 44.3 Å². The van der Waals surface area contributed by atoms with Crippen LogP contribution in [0, 0.1) is 6.92 Å². The largest absolute Gasteiger partial charge is 0.454 e. The molecule has 0 atom stereocenters. The normalized spacial score (nSPS) is 17.6. The molecular formula is C31H30NO+. The fourth-order valence-corrected chi connectivity index (χ4v) is 5.56. The van der Waals surface area contributed by atoms with Gasteiger partial charge in [-0.2, -0.15) is 0 Å². The van der Waals surface area contributed by atoms with Crippen LogP contribution in [0.5, 0.6) is 0 Å². The zero-order chi connectivity index (χ0) is 24.5. The Morgan fingerprint density at radius 3 is 2.52 bits per heavy atom. The van der Waals surface area contributed by atoms with Gasteiger partial charge in [0.05, 0.1) is 5.56 Å². The van der Waals surface area contributed by atoms with Gasteiger partial charge < -0.3 is 4.42 Å². The minimum absolute atomic E-state index is 0.120. The molecule has 3 aromatic carbocycles. The van der Waals surface area contributed by atoms with E-state index in [4.69, 9.17) is 7.16 Å². The van der Waals surface area contributed by atoms with Crippen molar-refractivity contribution in [3.8, 4) is 22.4 Å². The number of fused-ring (bicyclic) bond motifs is 4. The van der Waals surface area contributed by atoms with Crippen LogP contribution >= 0.6 is 0 Å². The number of pyridine rings is 1. The number of hydrogen-bond donors (Lipinski definition) is 0. The molecule has 0 unspecified atom stereocenters. The summed E-state index contributed by atoms with van der Waals surface area (Å²) >= 11 is 0. The number of aromatic nitrogens is 1. The van der Waals surface area contributed by atoms with Gasteiger partial charge in [-0.25, -0.2) is 4.57 Å². The summed E-state index contributed by atoms with van der Waals surface area (Å²) in [5, 5.41) is 2.19. The van der Waals surface area contributed by atoms with Crippen LogP contribution in [0.1, 0.15) is 46.1 Å². The summed E-state index contributed by atoms with van der Waals surface area (Å²) in [6.07, 6.45) is 2.10. The quantitative estimate of drug-likeness (QED) is 0.261. The Morgan fingerprint density at radius 2 is 1.67 bits per heavy atom. The molecule has 0 N–H and O–H groups in total. The van der Waals surface area contributed by atoms with E-state index in [0.717, 1.165) is 61.9 Å². The average Bonchev–Trinajstić information content (AvgIpc) is 3.21. The summed E-state index contributed by atoms with van der Waals surface area (Å²) in [5.41, 5.74) is 9.06. The van der Waals surface area contributed by atoms with Crippen molar-refractivity contribution in [3.05, 3.63) is 89.6 Å². The molecule has 0 bridgehead atoms. The first-order valence-corrected chi connectivity index (χ1v) is 11.7. The molecule has 2 nitrogen and oxygen atoms in total. The second-order valence-corrected chi connectivity index (χ2v) is 9.90. The summed E-state index contributed by atoms with van der Waals surface area (Å²) < 4.78 is 26.3. The van der Waals surface area contributed by atoms with Crippen molar-refractivity contribution in [1.82, 2.24) is 0 Å². The van der Waals surface area contributed by atoms with Crippen molar-refractivity contribution in [1.29, 1.82) is 0 Å². The predicted octanol–water partition coefficient (Wildman–Crippen LogP) is 7.67. The van der Waals surface area contributed by atoms with Crippen molar-refractivity contribution in [2.45, 2.75) is 45.4 Å². The van der Waals surface area contributed by atoms with Gasteiger partial charge in [0.25, 0.3) is 0 Å². The fraction of sp³-hybridized carbons (Fsp3) is 0.258. The monoisotopic (exact) mass is 434 g/mol. The van der Waals surface area contributed by atoms with Crippen LogP contribution in [0.15, 0.2) is 77.3 Å². The third-order valence-electron chi connectivity index (χ3n) is 7.28. The van der Waals surface area contributed by atoms with Gasteiger partial charge in [0, 0.05) is 31.2 Å². The molecule has 0 aliphatic heterocycles. The predicted molar refractivity (Wildman–Crippen MR) is 136 cm³/mol. The summed E-state index contributed by atoms with van der Waals surface area (Å²) in [4.78, 5) is 0. The highest BCUT2D eigenvalue weighted by atomic mass is 16.3. The summed E-state index contributed by atoms with van der Waals surface area (Å²) in [7, 11) is 2.06. The molecule has 0 radical (unpaired) electrons. The van der Waals surface area contributed by atoms with Gasteiger partial charge in [0.1, 0.15) is 18.2 Å². The lowest BCUT2D eigenvalue weighted by Gasteiger charge is -2.34. The first-order chi connectivity index (χ1) is 16.7. The van der Waals surface area contributed by atoms with Gasteiger partial charge >= 0.3 is 0 Å². The summed E-state index contributed by atoms with van der Waals surface area (Å²) in [5.74, 6) is 0. The Morgan fingerprint density at radius 1 is 0.879 bits per heavy atom. The number of hydrogen-bond acceptors (Lipinski definition) is 1. The van der Waals surface area contributed by atoms with E-state index in [-0.39, 0.29) is 5.41 Å². The van der Waals surface area contributed by atoms with Crippen molar-refractivity contribution >= 4 is 21.9 Å². The van der Waals surface area contributed by atoms with E-state index in [2.05, 4.69) is 87.1 Å². The van der Waals surface area contributed by atoms with Crippen LogP contribution < -0.4 is 4.57 Å². The SMILES string of the molecule is [2H]C1([2H])CCC(C)(C)c2c(-c3cccc4c3oc3c(-c5cccc[n+]5C)c(C)ccc34)cccc21. The minimum atomic E-state index is -1.32. The maximum absolute atomic E-state index is 8.70. The second-order valence-electron chi connectivity index (χ2n) is 9.90. The van der Waals surface area contributed by atoms with E-state index in [1.54, 1.807) is 0 Å². The van der Waals surface area contributed by atoms with Crippen molar-refractivity contribution < 1.29 is 11.7 Å². The zero-order valence-corrected chi connectivity index (χ0v) is 19.7. The molecule has 2 heteroatoms. The Balaban J connectivity index is 1.69. The van der Waals surface area contributed by atoms with Crippen molar-refractivity contribution in [2.24, 2.45) is 7.05 Å². The van der Waals surface area contributed by atoms with Crippen LogP contribution in [0.2, 0.25) is 0 Å². The fourth-order valence-electron chi connectivity index (χ4n) is 5.56. The first kappa shape index (κ1) is 18.1. The Bertz CT molecular complexity index is 1630. The van der Waals surface area contributed by atoms with E-state index in [1.165, 1.54) is 5.56 Å². The maximum atomic E-state index is 8.70. The van der Waals surface area contributed by atoms with Gasteiger partial charge in [-0.3, -0.25) is 0 Å². The molecule has 5 aromatic rings. The van der Waals surface area contributed by atoms with Gasteiger partial charge in [0.15, 0.2) is 6.20 Å². The third-order valence-corrected chi connectivity index (χ3v) is 7.28. The molecule has 0 fully saturated rings. The molecule has 6 rings (SSSR count). The highest BCUT2D eigenvalue weighted by Gasteiger charge is 2.31. The third kappa shape index (κ3) is 3.04. The van der Waals surface area contributed by atoms with E-state index in [9.17, 15) is 0 Å². The van der Waals surface area contributed by atoms with Crippen molar-refractivity contribution in [2.75, 3.05) is 0 Å². The number of aryl methyl sites for hydroxylation is 3. The average molecular weight is 435 g/mol. The zero-order valence-electron chi connectivity index (χ0n) is 21.7. The molecule has 0 spiro atoms. The number of furan rings is 1. The highest BCUT2D eigenvalue weighted by Crippen LogP contribution is 2.46. The minimum Gasteiger partial charge on any atom is -0.454 e. The van der Waals surface area contributed by atoms with Crippen LogP contribution in [0.3, 0.4) is 0 Å².